The van der Waals surface area contributed by atoms with Gasteiger partial charge in [0.2, 0.25) is 0 Å². The number of hydrogen-bond donors (Lipinski definition) is 2. The summed E-state index contributed by atoms with van der Waals surface area (Å²) < 4.78 is 1.78. The van der Waals surface area contributed by atoms with E-state index in [4.69, 9.17) is 11.6 Å². The van der Waals surface area contributed by atoms with E-state index < -0.39 is 0 Å². The molecule has 0 spiro atoms. The minimum absolute atomic E-state index is 0.0377. The van der Waals surface area contributed by atoms with Gasteiger partial charge in [-0.15, -0.1) is 11.3 Å². The van der Waals surface area contributed by atoms with Gasteiger partial charge in [0.25, 0.3) is 0 Å². The molecule has 0 aliphatic carbocycles. The lowest BCUT2D eigenvalue weighted by atomic mass is 10.1. The van der Waals surface area contributed by atoms with Crippen LogP contribution < -0.4 is 5.32 Å². The van der Waals surface area contributed by atoms with Gasteiger partial charge in [-0.05, 0) is 19.1 Å². The van der Waals surface area contributed by atoms with Crippen molar-refractivity contribution in [2.45, 2.75) is 20.0 Å². The zero-order valence-electron chi connectivity index (χ0n) is 12.7. The lowest BCUT2D eigenvalue weighted by Gasteiger charge is -2.07. The minimum Gasteiger partial charge on any atom is -0.394 e. The van der Waals surface area contributed by atoms with E-state index in [1.54, 1.807) is 16.0 Å². The summed E-state index contributed by atoms with van der Waals surface area (Å²) in [6, 6.07) is 9.54. The molecule has 0 radical (unpaired) electrons. The predicted molar refractivity (Wildman–Crippen MR) is 93.9 cm³/mol. The second kappa shape index (κ2) is 7.12. The van der Waals surface area contributed by atoms with Gasteiger partial charge in [-0.1, -0.05) is 23.7 Å². The van der Waals surface area contributed by atoms with Crippen molar-refractivity contribution in [3.8, 4) is 11.3 Å². The number of halogens is 1. The summed E-state index contributed by atoms with van der Waals surface area (Å²) in [7, 11) is 0. The lowest BCUT2D eigenvalue weighted by molar-refractivity contribution is 0.270. The fourth-order valence-corrected chi connectivity index (χ4v) is 3.10. The fraction of sp³-hybridized carbons (Fsp3) is 0.250. The smallest absolute Gasteiger partial charge is 0.125 e. The second-order valence-corrected chi connectivity index (χ2v) is 6.46. The number of benzene rings is 1. The Bertz CT molecular complexity index is 782. The summed E-state index contributed by atoms with van der Waals surface area (Å²) in [6.45, 7) is 3.17. The van der Waals surface area contributed by atoms with E-state index >= 15 is 0 Å². The topological polar surface area (TPSA) is 63.0 Å². The maximum Gasteiger partial charge on any atom is 0.125 e. The zero-order valence-corrected chi connectivity index (χ0v) is 14.2. The molecule has 2 heterocycles. The summed E-state index contributed by atoms with van der Waals surface area (Å²) in [5, 5.41) is 17.9. The van der Waals surface area contributed by atoms with Crippen LogP contribution in [0.25, 0.3) is 11.3 Å². The monoisotopic (exact) mass is 348 g/mol. The van der Waals surface area contributed by atoms with Gasteiger partial charge in [0.05, 0.1) is 36.6 Å². The molecule has 2 aromatic heterocycles. The van der Waals surface area contributed by atoms with E-state index in [9.17, 15) is 5.11 Å². The first-order chi connectivity index (χ1) is 11.2. The van der Waals surface area contributed by atoms with E-state index in [1.165, 1.54) is 4.88 Å². The summed E-state index contributed by atoms with van der Waals surface area (Å²) in [6.07, 6.45) is 0. The van der Waals surface area contributed by atoms with E-state index in [0.717, 1.165) is 22.8 Å². The molecule has 1 aromatic carbocycles. The van der Waals surface area contributed by atoms with E-state index in [0.29, 0.717) is 18.1 Å². The predicted octanol–water partition coefficient (Wildman–Crippen LogP) is 3.57. The number of nitrogens with zero attached hydrogens (tertiary/aromatic N) is 3. The SMILES string of the molecule is Cc1ncsc1CNc1cc(-c2ccc(Cl)cc2)nn1CCO. The van der Waals surface area contributed by atoms with Gasteiger partial charge >= 0.3 is 0 Å². The van der Waals surface area contributed by atoms with Crippen LogP contribution >= 0.6 is 22.9 Å². The molecule has 0 amide bonds. The van der Waals surface area contributed by atoms with Crippen molar-refractivity contribution < 1.29 is 5.11 Å². The van der Waals surface area contributed by atoms with Gasteiger partial charge < -0.3 is 10.4 Å². The number of aryl methyl sites for hydroxylation is 1. The quantitative estimate of drug-likeness (QED) is 0.714. The van der Waals surface area contributed by atoms with Crippen LogP contribution in [0.1, 0.15) is 10.6 Å². The van der Waals surface area contributed by atoms with Gasteiger partial charge in [-0.3, -0.25) is 0 Å². The van der Waals surface area contributed by atoms with Gasteiger partial charge in [-0.25, -0.2) is 9.67 Å². The molecule has 2 N–H and O–H groups in total. The molecule has 0 bridgehead atoms. The van der Waals surface area contributed by atoms with Gasteiger partial charge in [0, 0.05) is 21.5 Å². The van der Waals surface area contributed by atoms with Crippen LogP contribution in [-0.2, 0) is 13.1 Å². The molecule has 3 rings (SSSR count). The molecule has 0 aliphatic heterocycles. The van der Waals surface area contributed by atoms with Crippen LogP contribution in [0.3, 0.4) is 0 Å². The number of aliphatic hydroxyl groups excluding tert-OH is 1. The van der Waals surface area contributed by atoms with Gasteiger partial charge in [0.1, 0.15) is 5.82 Å². The minimum atomic E-state index is 0.0377. The van der Waals surface area contributed by atoms with E-state index in [1.807, 2.05) is 42.8 Å². The number of aromatic nitrogens is 3. The molecular formula is C16H17ClN4OS. The second-order valence-electron chi connectivity index (χ2n) is 5.08. The van der Waals surface area contributed by atoms with Crippen LogP contribution in [-0.4, -0.2) is 26.5 Å². The third-order valence-corrected chi connectivity index (χ3v) is 4.69. The normalized spacial score (nSPS) is 10.9. The van der Waals surface area contributed by atoms with Crippen molar-refractivity contribution in [2.24, 2.45) is 0 Å². The molecule has 120 valence electrons. The van der Waals surface area contributed by atoms with Gasteiger partial charge in [-0.2, -0.15) is 5.10 Å². The molecule has 0 saturated heterocycles. The maximum absolute atomic E-state index is 9.24. The van der Waals surface area contributed by atoms with E-state index in [2.05, 4.69) is 15.4 Å². The van der Waals surface area contributed by atoms with Crippen LogP contribution in [0.15, 0.2) is 35.8 Å². The Kier molecular flexibility index (Phi) is 4.95. The number of nitrogens with one attached hydrogen (secondary N) is 1. The summed E-state index contributed by atoms with van der Waals surface area (Å²) in [5.74, 6) is 0.872. The molecule has 0 fully saturated rings. The van der Waals surface area contributed by atoms with Gasteiger partial charge in [0.15, 0.2) is 0 Å². The highest BCUT2D eigenvalue weighted by Gasteiger charge is 2.10. The number of hydrogen-bond acceptors (Lipinski definition) is 5. The first-order valence-electron chi connectivity index (χ1n) is 7.25. The number of aliphatic hydroxyl groups is 1. The van der Waals surface area contributed by atoms with Crippen molar-refractivity contribution in [2.75, 3.05) is 11.9 Å². The molecule has 7 heteroatoms. The van der Waals surface area contributed by atoms with Crippen LogP contribution in [0, 0.1) is 6.92 Å². The first-order valence-corrected chi connectivity index (χ1v) is 8.50. The van der Waals surface area contributed by atoms with Crippen molar-refractivity contribution >= 4 is 28.8 Å². The average molecular weight is 349 g/mol. The van der Waals surface area contributed by atoms with Crippen molar-refractivity contribution in [3.05, 3.63) is 51.4 Å². The number of rotatable bonds is 6. The number of thiazole rings is 1. The molecule has 0 saturated carbocycles. The Morgan fingerprint density at radius 3 is 2.74 bits per heavy atom. The fourth-order valence-electron chi connectivity index (χ4n) is 2.25. The standard InChI is InChI=1S/C16H17ClN4OS/c1-11-15(23-10-19-11)9-18-16-8-14(20-21(16)6-7-22)12-2-4-13(17)5-3-12/h2-5,8,10,18,22H,6-7,9H2,1H3. The Morgan fingerprint density at radius 2 is 2.09 bits per heavy atom. The average Bonchev–Trinajstić information content (AvgIpc) is 3.13. The van der Waals surface area contributed by atoms with Crippen molar-refractivity contribution in [1.82, 2.24) is 14.8 Å². The molecule has 0 atom stereocenters. The van der Waals surface area contributed by atoms with Crippen LogP contribution in [0.4, 0.5) is 5.82 Å². The third-order valence-electron chi connectivity index (χ3n) is 3.51. The van der Waals surface area contributed by atoms with Crippen molar-refractivity contribution in [1.29, 1.82) is 0 Å². The maximum atomic E-state index is 9.24. The first kappa shape index (κ1) is 16.0. The Hall–Kier alpha value is -1.89. The highest BCUT2D eigenvalue weighted by Crippen LogP contribution is 2.24. The van der Waals surface area contributed by atoms with Crippen LogP contribution in [0.2, 0.25) is 5.02 Å². The Balaban J connectivity index is 1.83. The largest absolute Gasteiger partial charge is 0.394 e. The molecule has 0 aliphatic rings. The van der Waals surface area contributed by atoms with E-state index in [-0.39, 0.29) is 6.61 Å². The molecular weight excluding hydrogens is 332 g/mol. The third kappa shape index (κ3) is 3.72. The lowest BCUT2D eigenvalue weighted by Crippen LogP contribution is -2.10. The van der Waals surface area contributed by atoms with Crippen LogP contribution in [0.5, 0.6) is 0 Å². The molecule has 3 aromatic rings. The molecule has 5 nitrogen and oxygen atoms in total. The number of anilines is 1. The molecule has 23 heavy (non-hydrogen) atoms. The highest BCUT2D eigenvalue weighted by molar-refractivity contribution is 7.09. The summed E-state index contributed by atoms with van der Waals surface area (Å²) >= 11 is 7.56. The zero-order chi connectivity index (χ0) is 16.2. The molecule has 0 unspecified atom stereocenters. The van der Waals surface area contributed by atoms with Crippen molar-refractivity contribution in [3.63, 3.8) is 0 Å². The summed E-state index contributed by atoms with van der Waals surface area (Å²) in [4.78, 5) is 5.44. The Morgan fingerprint density at radius 1 is 1.30 bits per heavy atom. The Labute approximate surface area is 143 Å². The highest BCUT2D eigenvalue weighted by atomic mass is 35.5. The summed E-state index contributed by atoms with van der Waals surface area (Å²) in [5.41, 5.74) is 4.71.